The topological polar surface area (TPSA) is 76.0 Å². The molecule has 2 heterocycles. The molecule has 0 saturated heterocycles. The Kier molecular flexibility index (Phi) is 5.71. The first-order chi connectivity index (χ1) is 12.5. The molecule has 138 valence electrons. The zero-order valence-corrected chi connectivity index (χ0v) is 15.4. The lowest BCUT2D eigenvalue weighted by molar-refractivity contribution is -0.122. The zero-order valence-electron chi connectivity index (χ0n) is 15.4. The number of aromatic nitrogens is 2. The number of amides is 2. The minimum Gasteiger partial charge on any atom is -0.350 e. The largest absolute Gasteiger partial charge is 0.350 e. The van der Waals surface area contributed by atoms with Crippen molar-refractivity contribution < 1.29 is 9.59 Å². The van der Waals surface area contributed by atoms with Crippen LogP contribution in [0.2, 0.25) is 0 Å². The summed E-state index contributed by atoms with van der Waals surface area (Å²) < 4.78 is 2.26. The van der Waals surface area contributed by atoms with Crippen molar-refractivity contribution in [3.63, 3.8) is 0 Å². The van der Waals surface area contributed by atoms with E-state index in [0.29, 0.717) is 6.54 Å². The highest BCUT2D eigenvalue weighted by atomic mass is 16.2. The Morgan fingerprint density at radius 1 is 1.23 bits per heavy atom. The van der Waals surface area contributed by atoms with Crippen LogP contribution in [0.1, 0.15) is 55.0 Å². The maximum Gasteiger partial charge on any atom is 0.222 e. The van der Waals surface area contributed by atoms with Crippen LogP contribution in [-0.4, -0.2) is 21.4 Å². The predicted molar refractivity (Wildman–Crippen MR) is 99.4 cm³/mol. The van der Waals surface area contributed by atoms with Gasteiger partial charge >= 0.3 is 0 Å². The van der Waals surface area contributed by atoms with Crippen LogP contribution in [-0.2, 0) is 29.1 Å². The summed E-state index contributed by atoms with van der Waals surface area (Å²) in [4.78, 5) is 28.6. The lowest BCUT2D eigenvalue weighted by Gasteiger charge is -2.18. The molecule has 6 nitrogen and oxygen atoms in total. The van der Waals surface area contributed by atoms with E-state index in [2.05, 4.69) is 20.2 Å². The van der Waals surface area contributed by atoms with E-state index in [1.807, 2.05) is 37.3 Å². The van der Waals surface area contributed by atoms with Crippen molar-refractivity contribution in [1.82, 2.24) is 20.2 Å². The SMILES string of the molecule is CC(=O)NC(CC(=O)NCc1nc(C)n2c1CCCC2)c1ccccc1. The lowest BCUT2D eigenvalue weighted by Crippen LogP contribution is -2.32. The number of benzene rings is 1. The van der Waals surface area contributed by atoms with Gasteiger partial charge in [-0.1, -0.05) is 30.3 Å². The molecular weight excluding hydrogens is 328 g/mol. The second-order valence-electron chi connectivity index (χ2n) is 6.81. The molecule has 1 atom stereocenters. The van der Waals surface area contributed by atoms with Gasteiger partial charge in [-0.15, -0.1) is 0 Å². The average molecular weight is 354 g/mol. The van der Waals surface area contributed by atoms with Gasteiger partial charge in [-0.2, -0.15) is 0 Å². The molecule has 0 saturated carbocycles. The molecular formula is C20H26N4O2. The third-order valence-corrected chi connectivity index (χ3v) is 4.81. The number of hydrogen-bond donors (Lipinski definition) is 2. The van der Waals surface area contributed by atoms with Gasteiger partial charge in [0.2, 0.25) is 11.8 Å². The van der Waals surface area contributed by atoms with Gasteiger partial charge in [0.25, 0.3) is 0 Å². The summed E-state index contributed by atoms with van der Waals surface area (Å²) in [5.41, 5.74) is 3.13. The summed E-state index contributed by atoms with van der Waals surface area (Å²) >= 11 is 0. The van der Waals surface area contributed by atoms with Crippen LogP contribution in [0.25, 0.3) is 0 Å². The summed E-state index contributed by atoms with van der Waals surface area (Å²) in [5, 5.41) is 5.83. The number of hydrogen-bond acceptors (Lipinski definition) is 3. The Labute approximate surface area is 154 Å². The number of nitrogens with zero attached hydrogens (tertiary/aromatic N) is 2. The molecule has 0 radical (unpaired) electrons. The van der Waals surface area contributed by atoms with Crippen molar-refractivity contribution in [2.75, 3.05) is 0 Å². The summed E-state index contributed by atoms with van der Waals surface area (Å²) in [7, 11) is 0. The van der Waals surface area contributed by atoms with Gasteiger partial charge in [-0.3, -0.25) is 9.59 Å². The van der Waals surface area contributed by atoms with Crippen molar-refractivity contribution >= 4 is 11.8 Å². The highest BCUT2D eigenvalue weighted by Crippen LogP contribution is 2.21. The van der Waals surface area contributed by atoms with Crippen molar-refractivity contribution in [2.24, 2.45) is 0 Å². The monoisotopic (exact) mass is 354 g/mol. The van der Waals surface area contributed by atoms with E-state index in [1.54, 1.807) is 0 Å². The van der Waals surface area contributed by atoms with Crippen LogP contribution in [0.3, 0.4) is 0 Å². The summed E-state index contributed by atoms with van der Waals surface area (Å²) in [6, 6.07) is 9.24. The summed E-state index contributed by atoms with van der Waals surface area (Å²) in [6.07, 6.45) is 3.58. The molecule has 0 spiro atoms. The molecule has 1 unspecified atom stereocenters. The number of fused-ring (bicyclic) bond motifs is 1. The Balaban J connectivity index is 1.63. The van der Waals surface area contributed by atoms with Gasteiger partial charge in [0.15, 0.2) is 0 Å². The number of carbonyl (C=O) groups excluding carboxylic acids is 2. The van der Waals surface area contributed by atoms with Crippen LogP contribution in [0.15, 0.2) is 30.3 Å². The molecule has 2 amide bonds. The fraction of sp³-hybridized carbons (Fsp3) is 0.450. The molecule has 2 N–H and O–H groups in total. The molecule has 26 heavy (non-hydrogen) atoms. The Morgan fingerprint density at radius 2 is 2.00 bits per heavy atom. The normalized spacial score (nSPS) is 14.4. The van der Waals surface area contributed by atoms with Crippen LogP contribution in [0, 0.1) is 6.92 Å². The second kappa shape index (κ2) is 8.17. The van der Waals surface area contributed by atoms with E-state index in [4.69, 9.17) is 0 Å². The number of rotatable bonds is 6. The summed E-state index contributed by atoms with van der Waals surface area (Å²) in [5.74, 6) is 0.776. The van der Waals surface area contributed by atoms with Crippen molar-refractivity contribution in [2.45, 2.75) is 58.7 Å². The Morgan fingerprint density at radius 3 is 2.73 bits per heavy atom. The van der Waals surface area contributed by atoms with E-state index in [0.717, 1.165) is 30.0 Å². The van der Waals surface area contributed by atoms with E-state index >= 15 is 0 Å². The van der Waals surface area contributed by atoms with Gasteiger partial charge in [-0.25, -0.2) is 4.98 Å². The highest BCUT2D eigenvalue weighted by molar-refractivity contribution is 5.79. The summed E-state index contributed by atoms with van der Waals surface area (Å²) in [6.45, 7) is 4.93. The van der Waals surface area contributed by atoms with Gasteiger partial charge in [-0.05, 0) is 31.7 Å². The second-order valence-corrected chi connectivity index (χ2v) is 6.81. The fourth-order valence-electron chi connectivity index (χ4n) is 3.57. The third kappa shape index (κ3) is 4.31. The quantitative estimate of drug-likeness (QED) is 0.836. The molecule has 6 heteroatoms. The first kappa shape index (κ1) is 18.2. The number of imidazole rings is 1. The molecule has 1 aliphatic rings. The molecule has 1 aromatic heterocycles. The minimum atomic E-state index is -0.327. The standard InChI is InChI=1S/C20H26N4O2/c1-14-22-18(19-10-6-7-11-24(14)19)13-21-20(26)12-17(23-15(2)25)16-8-4-3-5-9-16/h3-5,8-9,17H,6-7,10-13H2,1-2H3,(H,21,26)(H,23,25). The van der Waals surface area contributed by atoms with E-state index in [-0.39, 0.29) is 24.3 Å². The highest BCUT2D eigenvalue weighted by Gasteiger charge is 2.20. The maximum atomic E-state index is 12.5. The smallest absolute Gasteiger partial charge is 0.222 e. The molecule has 1 aliphatic heterocycles. The van der Waals surface area contributed by atoms with E-state index < -0.39 is 0 Å². The van der Waals surface area contributed by atoms with E-state index in [9.17, 15) is 9.59 Å². The zero-order chi connectivity index (χ0) is 18.5. The van der Waals surface area contributed by atoms with Gasteiger partial charge < -0.3 is 15.2 Å². The van der Waals surface area contributed by atoms with E-state index in [1.165, 1.54) is 25.5 Å². The van der Waals surface area contributed by atoms with Crippen molar-refractivity contribution in [3.8, 4) is 0 Å². The minimum absolute atomic E-state index is 0.0946. The third-order valence-electron chi connectivity index (χ3n) is 4.81. The molecule has 3 rings (SSSR count). The maximum absolute atomic E-state index is 12.5. The number of carbonyl (C=O) groups is 2. The average Bonchev–Trinajstić information content (AvgIpc) is 2.96. The number of aryl methyl sites for hydroxylation is 1. The van der Waals surface area contributed by atoms with Crippen molar-refractivity contribution in [1.29, 1.82) is 0 Å². The van der Waals surface area contributed by atoms with Gasteiger partial charge in [0.05, 0.1) is 24.7 Å². The molecule has 2 aromatic rings. The lowest BCUT2D eigenvalue weighted by atomic mass is 10.0. The first-order valence-electron chi connectivity index (χ1n) is 9.18. The number of nitrogens with one attached hydrogen (secondary N) is 2. The van der Waals surface area contributed by atoms with Gasteiger partial charge in [0.1, 0.15) is 5.82 Å². The van der Waals surface area contributed by atoms with Crippen LogP contribution < -0.4 is 10.6 Å². The predicted octanol–water partition coefficient (Wildman–Crippen LogP) is 2.41. The molecule has 0 fully saturated rings. The fourth-order valence-corrected chi connectivity index (χ4v) is 3.57. The molecule has 0 bridgehead atoms. The van der Waals surface area contributed by atoms with Gasteiger partial charge in [0, 0.05) is 19.2 Å². The van der Waals surface area contributed by atoms with Crippen LogP contribution in [0.5, 0.6) is 0 Å². The van der Waals surface area contributed by atoms with Crippen LogP contribution >= 0.6 is 0 Å². The molecule has 1 aromatic carbocycles. The van der Waals surface area contributed by atoms with Crippen molar-refractivity contribution in [3.05, 3.63) is 53.1 Å². The van der Waals surface area contributed by atoms with Crippen LogP contribution in [0.4, 0.5) is 0 Å². The Bertz CT molecular complexity index is 783. The molecule has 0 aliphatic carbocycles. The first-order valence-corrected chi connectivity index (χ1v) is 9.18. The Hall–Kier alpha value is -2.63.